The quantitative estimate of drug-likeness (QED) is 0.206. The van der Waals surface area contributed by atoms with Crippen LogP contribution in [0, 0.1) is 0 Å². The third kappa shape index (κ3) is 11.8. The fourth-order valence-electron chi connectivity index (χ4n) is 4.02. The zero-order valence-corrected chi connectivity index (χ0v) is 17.8. The molecule has 152 valence electrons. The first kappa shape index (κ1) is 23.2. The van der Waals surface area contributed by atoms with Crippen molar-refractivity contribution in [2.24, 2.45) is 0 Å². The number of hydrogen-bond donors (Lipinski definition) is 0. The predicted molar refractivity (Wildman–Crippen MR) is 114 cm³/mol. The molecule has 1 amide bonds. The van der Waals surface area contributed by atoms with Gasteiger partial charge in [0.05, 0.1) is 0 Å². The molecular weight excluding hydrogens is 318 g/mol. The number of carbonyl (C=O) groups is 1. The van der Waals surface area contributed by atoms with Crippen LogP contribution in [0.2, 0.25) is 0 Å². The van der Waals surface area contributed by atoms with E-state index in [0.717, 1.165) is 12.8 Å². The average Bonchev–Trinajstić information content (AvgIpc) is 3.18. The Kier molecular flexibility index (Phi) is 14.7. The van der Waals surface area contributed by atoms with Crippen molar-refractivity contribution in [1.82, 2.24) is 4.90 Å². The number of carbonyl (C=O) groups excluding carboxylic acids is 1. The molecule has 1 saturated carbocycles. The normalized spacial score (nSPS) is 15.2. The highest BCUT2D eigenvalue weighted by atomic mass is 16.2. The molecule has 0 radical (unpaired) electrons. The van der Waals surface area contributed by atoms with E-state index >= 15 is 0 Å². The van der Waals surface area contributed by atoms with Crippen molar-refractivity contribution < 1.29 is 4.79 Å². The highest BCUT2D eigenvalue weighted by molar-refractivity contribution is 5.76. The van der Waals surface area contributed by atoms with E-state index < -0.39 is 0 Å². The van der Waals surface area contributed by atoms with Gasteiger partial charge in [0.2, 0.25) is 5.91 Å². The molecule has 1 fully saturated rings. The van der Waals surface area contributed by atoms with E-state index in [4.69, 9.17) is 0 Å². The number of allylic oxidation sites excluding steroid dienone is 2. The Morgan fingerprint density at radius 3 is 1.88 bits per heavy atom. The van der Waals surface area contributed by atoms with Gasteiger partial charge in [0, 0.05) is 19.5 Å². The lowest BCUT2D eigenvalue weighted by atomic mass is 10.1. The highest BCUT2D eigenvalue weighted by Crippen LogP contribution is 2.23. The van der Waals surface area contributed by atoms with Gasteiger partial charge in [0.15, 0.2) is 0 Å². The Morgan fingerprint density at radius 1 is 0.808 bits per heavy atom. The molecule has 2 heteroatoms. The molecule has 0 aromatic heterocycles. The minimum absolute atomic E-state index is 0.370. The summed E-state index contributed by atoms with van der Waals surface area (Å²) < 4.78 is 0. The molecule has 0 bridgehead atoms. The van der Waals surface area contributed by atoms with Gasteiger partial charge in [0.25, 0.3) is 0 Å². The number of amides is 1. The van der Waals surface area contributed by atoms with Crippen LogP contribution < -0.4 is 0 Å². The van der Waals surface area contributed by atoms with Crippen LogP contribution in [-0.2, 0) is 4.79 Å². The summed E-state index contributed by atoms with van der Waals surface area (Å²) in [5.41, 5.74) is 0. The molecule has 26 heavy (non-hydrogen) atoms. The number of unbranched alkanes of at least 4 members (excludes halogenated alkanes) is 11. The second kappa shape index (κ2) is 16.4. The maximum atomic E-state index is 12.2. The number of rotatable bonds is 16. The Morgan fingerprint density at radius 2 is 1.31 bits per heavy atom. The van der Waals surface area contributed by atoms with Gasteiger partial charge in [-0.15, -0.1) is 0 Å². The minimum atomic E-state index is 0.370. The van der Waals surface area contributed by atoms with Crippen molar-refractivity contribution >= 4 is 5.91 Å². The van der Waals surface area contributed by atoms with Gasteiger partial charge in [0.1, 0.15) is 0 Å². The van der Waals surface area contributed by atoms with Crippen molar-refractivity contribution in [2.75, 3.05) is 7.05 Å². The summed E-state index contributed by atoms with van der Waals surface area (Å²) in [7, 11) is 2.01. The summed E-state index contributed by atoms with van der Waals surface area (Å²) >= 11 is 0. The van der Waals surface area contributed by atoms with Crippen LogP contribution in [-0.4, -0.2) is 23.9 Å². The van der Waals surface area contributed by atoms with Gasteiger partial charge in [-0.2, -0.15) is 0 Å². The largest absolute Gasteiger partial charge is 0.343 e. The van der Waals surface area contributed by atoms with Gasteiger partial charge in [-0.05, 0) is 44.9 Å². The topological polar surface area (TPSA) is 20.3 Å². The summed E-state index contributed by atoms with van der Waals surface area (Å²) in [6, 6.07) is 0.533. The van der Waals surface area contributed by atoms with E-state index in [1.807, 2.05) is 11.9 Å². The molecule has 0 spiro atoms. The average molecular weight is 364 g/mol. The molecular formula is C24H45NO. The monoisotopic (exact) mass is 363 g/mol. The fraction of sp³-hybridized carbons (Fsp3) is 0.875. The second-order valence-electron chi connectivity index (χ2n) is 8.28. The van der Waals surface area contributed by atoms with Crippen LogP contribution in [0.3, 0.4) is 0 Å². The maximum absolute atomic E-state index is 12.2. The van der Waals surface area contributed by atoms with Gasteiger partial charge < -0.3 is 4.90 Å². The standard InChI is InChI=1S/C24H45NO/c1-3-4-5-6-7-8-9-10-11-12-13-14-15-16-17-22-24(26)25(2)23-20-18-19-21-23/h10-11,23H,3-9,12-22H2,1-2H3/b11-10-. The summed E-state index contributed by atoms with van der Waals surface area (Å²) in [6.07, 6.45) is 27.6. The van der Waals surface area contributed by atoms with Crippen LogP contribution in [0.5, 0.6) is 0 Å². The zero-order valence-electron chi connectivity index (χ0n) is 17.8. The lowest BCUT2D eigenvalue weighted by Gasteiger charge is -2.24. The Labute approximate surface area is 163 Å². The van der Waals surface area contributed by atoms with E-state index in [1.54, 1.807) is 0 Å². The molecule has 0 unspecified atom stereocenters. The molecule has 0 aliphatic heterocycles. The third-order valence-electron chi connectivity index (χ3n) is 5.92. The molecule has 1 aliphatic rings. The lowest BCUT2D eigenvalue weighted by Crippen LogP contribution is -2.34. The van der Waals surface area contributed by atoms with Crippen molar-refractivity contribution in [3.8, 4) is 0 Å². The van der Waals surface area contributed by atoms with E-state index in [0.29, 0.717) is 11.9 Å². The minimum Gasteiger partial charge on any atom is -0.343 e. The van der Waals surface area contributed by atoms with Crippen LogP contribution >= 0.6 is 0 Å². The van der Waals surface area contributed by atoms with E-state index in [2.05, 4.69) is 19.1 Å². The van der Waals surface area contributed by atoms with E-state index in [1.165, 1.54) is 103 Å². The Balaban J connectivity index is 1.82. The summed E-state index contributed by atoms with van der Waals surface area (Å²) in [4.78, 5) is 14.2. The molecule has 2 nitrogen and oxygen atoms in total. The molecule has 1 aliphatic carbocycles. The van der Waals surface area contributed by atoms with Gasteiger partial charge in [-0.3, -0.25) is 4.79 Å². The van der Waals surface area contributed by atoms with E-state index in [-0.39, 0.29) is 0 Å². The number of hydrogen-bond acceptors (Lipinski definition) is 1. The molecule has 1 rings (SSSR count). The van der Waals surface area contributed by atoms with Crippen molar-refractivity contribution in [2.45, 2.75) is 129 Å². The highest BCUT2D eigenvalue weighted by Gasteiger charge is 2.22. The Bertz CT molecular complexity index is 357. The predicted octanol–water partition coefficient (Wildman–Crippen LogP) is 7.42. The Hall–Kier alpha value is -0.790. The second-order valence-corrected chi connectivity index (χ2v) is 8.28. The lowest BCUT2D eigenvalue weighted by molar-refractivity contribution is -0.132. The van der Waals surface area contributed by atoms with Crippen LogP contribution in [0.15, 0.2) is 12.2 Å². The third-order valence-corrected chi connectivity index (χ3v) is 5.92. The first-order valence-corrected chi connectivity index (χ1v) is 11.7. The van der Waals surface area contributed by atoms with Crippen LogP contribution in [0.1, 0.15) is 122 Å². The van der Waals surface area contributed by atoms with Gasteiger partial charge >= 0.3 is 0 Å². The van der Waals surface area contributed by atoms with Crippen LogP contribution in [0.25, 0.3) is 0 Å². The van der Waals surface area contributed by atoms with Crippen LogP contribution in [0.4, 0.5) is 0 Å². The fourth-order valence-corrected chi connectivity index (χ4v) is 4.02. The summed E-state index contributed by atoms with van der Waals surface area (Å²) in [5, 5.41) is 0. The van der Waals surface area contributed by atoms with Crippen molar-refractivity contribution in [3.63, 3.8) is 0 Å². The first-order chi connectivity index (χ1) is 12.8. The summed E-state index contributed by atoms with van der Waals surface area (Å²) in [5.74, 6) is 0.370. The zero-order chi connectivity index (χ0) is 18.9. The summed E-state index contributed by atoms with van der Waals surface area (Å²) in [6.45, 7) is 2.28. The molecule has 0 atom stereocenters. The number of nitrogens with zero attached hydrogens (tertiary/aromatic N) is 1. The molecule has 0 aromatic rings. The van der Waals surface area contributed by atoms with Crippen molar-refractivity contribution in [1.29, 1.82) is 0 Å². The molecule has 0 heterocycles. The maximum Gasteiger partial charge on any atom is 0.222 e. The van der Waals surface area contributed by atoms with E-state index in [9.17, 15) is 4.79 Å². The van der Waals surface area contributed by atoms with Gasteiger partial charge in [-0.25, -0.2) is 0 Å². The molecule has 0 N–H and O–H groups in total. The molecule has 0 saturated heterocycles. The SMILES string of the molecule is CCCCCCCC/C=C\CCCCCCCC(=O)N(C)C1CCCC1. The smallest absolute Gasteiger partial charge is 0.222 e. The van der Waals surface area contributed by atoms with Gasteiger partial charge in [-0.1, -0.05) is 83.3 Å². The first-order valence-electron chi connectivity index (χ1n) is 11.7. The van der Waals surface area contributed by atoms with Crippen molar-refractivity contribution in [3.05, 3.63) is 12.2 Å². The molecule has 0 aromatic carbocycles.